The molecule has 2 saturated heterocycles. The molecule has 9 nitrogen and oxygen atoms in total. The van der Waals surface area contributed by atoms with Gasteiger partial charge in [0.15, 0.2) is 0 Å². The van der Waals surface area contributed by atoms with Gasteiger partial charge in [0, 0.05) is 18.5 Å². The second-order valence-electron chi connectivity index (χ2n) is 11.4. The monoisotopic (exact) mass is 548 g/mol. The van der Waals surface area contributed by atoms with Crippen LogP contribution in [0.5, 0.6) is 5.75 Å². The van der Waals surface area contributed by atoms with Crippen molar-refractivity contribution < 1.29 is 19.1 Å². The molecule has 0 saturated carbocycles. The van der Waals surface area contributed by atoms with Gasteiger partial charge in [0.2, 0.25) is 11.8 Å². The third-order valence-electron chi connectivity index (χ3n) is 8.44. The fraction of sp³-hybridized carbons (Fsp3) is 0.281. The third-order valence-corrected chi connectivity index (χ3v) is 8.44. The van der Waals surface area contributed by atoms with Crippen molar-refractivity contribution in [2.45, 2.75) is 38.8 Å². The number of anilines is 1. The zero-order valence-corrected chi connectivity index (χ0v) is 22.8. The van der Waals surface area contributed by atoms with Gasteiger partial charge in [-0.2, -0.15) is 0 Å². The minimum atomic E-state index is -1.18. The van der Waals surface area contributed by atoms with E-state index in [4.69, 9.17) is 9.72 Å². The second-order valence-corrected chi connectivity index (χ2v) is 11.4. The lowest BCUT2D eigenvalue weighted by Gasteiger charge is -2.32. The number of benzene rings is 3. The normalized spacial score (nSPS) is 24.3. The molecule has 0 radical (unpaired) electrons. The van der Waals surface area contributed by atoms with Crippen molar-refractivity contribution in [3.63, 3.8) is 0 Å². The van der Waals surface area contributed by atoms with E-state index in [0.29, 0.717) is 40.3 Å². The van der Waals surface area contributed by atoms with E-state index in [0.717, 1.165) is 5.56 Å². The van der Waals surface area contributed by atoms with Crippen molar-refractivity contribution >= 4 is 34.4 Å². The van der Waals surface area contributed by atoms with Crippen LogP contribution >= 0.6 is 0 Å². The van der Waals surface area contributed by atoms with Crippen molar-refractivity contribution in [1.82, 2.24) is 14.9 Å². The largest absolute Gasteiger partial charge is 0.427 e. The highest BCUT2D eigenvalue weighted by molar-refractivity contribution is 6.23. The van der Waals surface area contributed by atoms with Crippen LogP contribution in [0.25, 0.3) is 16.6 Å². The van der Waals surface area contributed by atoms with E-state index in [-0.39, 0.29) is 29.3 Å². The van der Waals surface area contributed by atoms with Crippen molar-refractivity contribution in [3.05, 3.63) is 94.5 Å². The summed E-state index contributed by atoms with van der Waals surface area (Å²) >= 11 is 0. The van der Waals surface area contributed by atoms with E-state index in [1.54, 1.807) is 47.0 Å². The summed E-state index contributed by atoms with van der Waals surface area (Å²) in [4.78, 5) is 60.2. The van der Waals surface area contributed by atoms with E-state index in [2.05, 4.69) is 19.2 Å². The molecule has 4 aromatic rings. The van der Waals surface area contributed by atoms with Gasteiger partial charge in [0.25, 0.3) is 5.56 Å². The Labute approximate surface area is 235 Å². The number of fused-ring (bicyclic) bond motifs is 8. The number of carbonyl (C=O) groups is 3. The van der Waals surface area contributed by atoms with Gasteiger partial charge in [0.1, 0.15) is 17.1 Å². The molecule has 0 aliphatic carbocycles. The first-order chi connectivity index (χ1) is 19.7. The van der Waals surface area contributed by atoms with Gasteiger partial charge < -0.3 is 4.74 Å². The van der Waals surface area contributed by atoms with Crippen LogP contribution in [0.3, 0.4) is 0 Å². The molecule has 1 spiro atoms. The number of imide groups is 1. The van der Waals surface area contributed by atoms with Crippen molar-refractivity contribution in [2.24, 2.45) is 17.8 Å². The quantitative estimate of drug-likeness (QED) is 0.235. The third kappa shape index (κ3) is 3.48. The van der Waals surface area contributed by atoms with Crippen LogP contribution in [0.15, 0.2) is 77.6 Å². The summed E-state index contributed by atoms with van der Waals surface area (Å²) in [6.07, 6.45) is 0.654. The molecular weight excluding hydrogens is 520 g/mol. The molecular formula is C32H28N4O5. The summed E-state index contributed by atoms with van der Waals surface area (Å²) in [5.41, 5.74) is 0.967. The number of carbonyl (C=O) groups excluding carboxylic acids is 3. The van der Waals surface area contributed by atoms with Gasteiger partial charge in [0.05, 0.1) is 34.1 Å². The lowest BCUT2D eigenvalue weighted by Crippen LogP contribution is -2.50. The number of esters is 1. The van der Waals surface area contributed by atoms with E-state index >= 15 is 0 Å². The van der Waals surface area contributed by atoms with Crippen LogP contribution in [-0.2, 0) is 19.9 Å². The fourth-order valence-corrected chi connectivity index (χ4v) is 7.01. The number of amides is 2. The molecule has 7 rings (SSSR count). The summed E-state index contributed by atoms with van der Waals surface area (Å²) in [6.45, 7) is 5.48. The van der Waals surface area contributed by atoms with Crippen LogP contribution < -0.4 is 20.5 Å². The summed E-state index contributed by atoms with van der Waals surface area (Å²) in [5, 5.41) is 4.21. The zero-order chi connectivity index (χ0) is 28.6. The topological polar surface area (TPSA) is 111 Å². The van der Waals surface area contributed by atoms with Crippen LogP contribution in [0.1, 0.15) is 38.6 Å². The zero-order valence-electron chi connectivity index (χ0n) is 22.8. The predicted molar refractivity (Wildman–Crippen MR) is 152 cm³/mol. The Hall–Kier alpha value is -4.63. The number of hydrogen-bond acceptors (Lipinski definition) is 7. The SMILES string of the molecule is CC(=O)Oc1ccc(N2C(=O)[C@H]3[C@H](CC(C)C)N[C@@]4(c5ccccc5-n5c4nc4ccccc4c5=O)[C@H]3C2=O)cc1. The summed E-state index contributed by atoms with van der Waals surface area (Å²) in [7, 11) is 0. The van der Waals surface area contributed by atoms with Gasteiger partial charge in [-0.25, -0.2) is 9.88 Å². The minimum absolute atomic E-state index is 0.213. The Balaban J connectivity index is 1.45. The first-order valence-corrected chi connectivity index (χ1v) is 13.8. The second kappa shape index (κ2) is 8.94. The summed E-state index contributed by atoms with van der Waals surface area (Å²) < 4.78 is 6.75. The first kappa shape index (κ1) is 25.3. The lowest BCUT2D eigenvalue weighted by atomic mass is 9.75. The first-order valence-electron chi connectivity index (χ1n) is 13.8. The average molecular weight is 549 g/mol. The van der Waals surface area contributed by atoms with Crippen LogP contribution in [-0.4, -0.2) is 33.4 Å². The van der Waals surface area contributed by atoms with Crippen LogP contribution in [0.2, 0.25) is 0 Å². The van der Waals surface area contributed by atoms with Gasteiger partial charge >= 0.3 is 5.97 Å². The molecule has 9 heteroatoms. The van der Waals surface area contributed by atoms with Gasteiger partial charge in [-0.05, 0) is 54.8 Å². The Bertz CT molecular complexity index is 1830. The molecule has 2 amide bonds. The highest BCUT2D eigenvalue weighted by atomic mass is 16.5. The molecule has 4 heterocycles. The van der Waals surface area contributed by atoms with Crippen molar-refractivity contribution in [2.75, 3.05) is 4.90 Å². The van der Waals surface area contributed by atoms with Gasteiger partial charge in [-0.1, -0.05) is 44.2 Å². The lowest BCUT2D eigenvalue weighted by molar-refractivity contribution is -0.132. The molecule has 3 aliphatic rings. The molecule has 1 aromatic heterocycles. The molecule has 206 valence electrons. The number of nitrogens with zero attached hydrogens (tertiary/aromatic N) is 3. The Morgan fingerprint density at radius 2 is 1.68 bits per heavy atom. The number of aromatic nitrogens is 2. The Morgan fingerprint density at radius 1 is 0.976 bits per heavy atom. The molecule has 3 aromatic carbocycles. The van der Waals surface area contributed by atoms with Gasteiger partial charge in [-0.3, -0.25) is 29.1 Å². The van der Waals surface area contributed by atoms with E-state index < -0.39 is 23.3 Å². The Morgan fingerprint density at radius 3 is 2.41 bits per heavy atom. The molecule has 1 N–H and O–H groups in total. The number of ether oxygens (including phenoxy) is 1. The van der Waals surface area contributed by atoms with Gasteiger partial charge in [-0.15, -0.1) is 0 Å². The smallest absolute Gasteiger partial charge is 0.308 e. The summed E-state index contributed by atoms with van der Waals surface area (Å²) in [5.74, 6) is -1.61. The maximum absolute atomic E-state index is 14.5. The molecule has 0 bridgehead atoms. The maximum atomic E-state index is 14.5. The number of rotatable bonds is 4. The van der Waals surface area contributed by atoms with E-state index in [1.165, 1.54) is 11.8 Å². The Kier molecular flexibility index (Phi) is 5.53. The highest BCUT2D eigenvalue weighted by Gasteiger charge is 2.69. The number of hydrogen-bond donors (Lipinski definition) is 1. The van der Waals surface area contributed by atoms with E-state index in [9.17, 15) is 19.2 Å². The highest BCUT2D eigenvalue weighted by Crippen LogP contribution is 2.56. The molecule has 2 fully saturated rings. The number of para-hydroxylation sites is 2. The van der Waals surface area contributed by atoms with Crippen LogP contribution in [0, 0.1) is 17.8 Å². The van der Waals surface area contributed by atoms with Crippen molar-refractivity contribution in [1.29, 1.82) is 0 Å². The molecule has 3 aliphatic heterocycles. The van der Waals surface area contributed by atoms with Crippen LogP contribution in [0.4, 0.5) is 5.69 Å². The predicted octanol–water partition coefficient (Wildman–Crippen LogP) is 3.69. The van der Waals surface area contributed by atoms with Crippen molar-refractivity contribution in [3.8, 4) is 11.4 Å². The summed E-state index contributed by atoms with van der Waals surface area (Å²) in [6, 6.07) is 20.7. The van der Waals surface area contributed by atoms with E-state index in [1.807, 2.05) is 30.3 Å². The molecule has 0 unspecified atom stereocenters. The number of nitrogens with one attached hydrogen (secondary N) is 1. The molecule has 4 atom stereocenters. The maximum Gasteiger partial charge on any atom is 0.308 e. The fourth-order valence-electron chi connectivity index (χ4n) is 7.01. The standard InChI is InChI=1S/C32H28N4O5/c1-17(2)16-24-26-27(30(40)35(29(26)39)19-12-14-20(15-13-19)41-18(3)37)32(34-24)22-9-5-7-11-25(22)36-28(38)21-8-4-6-10-23(21)33-31(32)36/h4-15,17,24,26-27,34H,16H2,1-3H3/t24-,26-,27+,32-/m0/s1. The molecule has 41 heavy (non-hydrogen) atoms. The minimum Gasteiger partial charge on any atom is -0.427 e. The average Bonchev–Trinajstić information content (AvgIpc) is 3.52.